The van der Waals surface area contributed by atoms with Crippen LogP contribution in [0.5, 0.6) is 0 Å². The number of aromatic nitrogens is 1. The van der Waals surface area contributed by atoms with Gasteiger partial charge in [-0.3, -0.25) is 4.98 Å². The largest absolute Gasteiger partial charge is 0.252 e. The molecule has 0 saturated carbocycles. The average Bonchev–Trinajstić information content (AvgIpc) is 2.84. The third kappa shape index (κ3) is 4.27. The van der Waals surface area contributed by atoms with Crippen molar-refractivity contribution >= 4 is 18.5 Å². The van der Waals surface area contributed by atoms with E-state index < -0.39 is 7.92 Å². The summed E-state index contributed by atoms with van der Waals surface area (Å²) in [7, 11) is -0.444. The number of hydrogen-bond donors (Lipinski definition) is 0. The molecular weight excluding hydrogens is 405 g/mol. The van der Waals surface area contributed by atoms with Gasteiger partial charge in [-0.1, -0.05) is 84.9 Å². The number of rotatable bonds is 5. The van der Waals surface area contributed by atoms with E-state index in [0.29, 0.717) is 5.92 Å². The van der Waals surface area contributed by atoms with Crippen LogP contribution in [0.15, 0.2) is 91.0 Å². The molecule has 0 N–H and O–H groups in total. The van der Waals surface area contributed by atoms with Crippen molar-refractivity contribution < 1.29 is 0 Å². The van der Waals surface area contributed by atoms with E-state index in [2.05, 4.69) is 105 Å². The Morgan fingerprint density at radius 3 is 2.03 bits per heavy atom. The van der Waals surface area contributed by atoms with Crippen molar-refractivity contribution in [1.29, 1.82) is 0 Å². The second-order valence-corrected chi connectivity index (χ2v) is 11.1. The van der Waals surface area contributed by atoms with Gasteiger partial charge in [-0.25, -0.2) is 0 Å². The molecule has 160 valence electrons. The second-order valence-electron chi connectivity index (χ2n) is 8.88. The number of fused-ring (bicyclic) bond motifs is 1. The summed E-state index contributed by atoms with van der Waals surface area (Å²) < 4.78 is 0. The first kappa shape index (κ1) is 21.1. The maximum absolute atomic E-state index is 5.26. The topological polar surface area (TPSA) is 12.9 Å². The third-order valence-electron chi connectivity index (χ3n) is 6.68. The van der Waals surface area contributed by atoms with Crippen LogP contribution in [-0.4, -0.2) is 11.1 Å². The first-order valence-corrected chi connectivity index (χ1v) is 13.2. The molecule has 0 aliphatic heterocycles. The van der Waals surface area contributed by atoms with Crippen molar-refractivity contribution in [2.45, 2.75) is 39.0 Å². The van der Waals surface area contributed by atoms with Crippen LogP contribution in [0.4, 0.5) is 0 Å². The lowest BCUT2D eigenvalue weighted by Gasteiger charge is -2.30. The van der Waals surface area contributed by atoms with Crippen molar-refractivity contribution in [3.8, 4) is 11.3 Å². The molecule has 1 aromatic heterocycles. The van der Waals surface area contributed by atoms with E-state index in [9.17, 15) is 0 Å². The molecule has 1 nitrogen and oxygen atoms in total. The maximum atomic E-state index is 5.26. The molecule has 1 atom stereocenters. The summed E-state index contributed by atoms with van der Waals surface area (Å²) in [6, 6.07) is 33.1. The molecule has 1 aliphatic carbocycles. The quantitative estimate of drug-likeness (QED) is 0.310. The van der Waals surface area contributed by atoms with E-state index in [1.165, 1.54) is 57.6 Å². The van der Waals surface area contributed by atoms with Crippen LogP contribution < -0.4 is 10.6 Å². The van der Waals surface area contributed by atoms with Gasteiger partial charge in [0, 0.05) is 17.2 Å². The zero-order valence-electron chi connectivity index (χ0n) is 19.0. The molecule has 2 heteroatoms. The Balaban J connectivity index is 1.56. The van der Waals surface area contributed by atoms with E-state index in [4.69, 9.17) is 4.98 Å². The highest BCUT2D eigenvalue weighted by Gasteiger charge is 2.28. The molecule has 0 fully saturated rings. The van der Waals surface area contributed by atoms with Crippen molar-refractivity contribution in [3.63, 3.8) is 0 Å². The van der Waals surface area contributed by atoms with E-state index in [0.717, 1.165) is 12.1 Å². The van der Waals surface area contributed by atoms with E-state index in [1.54, 1.807) is 0 Å². The molecule has 5 rings (SSSR count). The smallest absolute Gasteiger partial charge is 0.0705 e. The maximum Gasteiger partial charge on any atom is 0.0705 e. The molecule has 0 radical (unpaired) electrons. The van der Waals surface area contributed by atoms with E-state index in [1.807, 2.05) is 0 Å². The monoisotopic (exact) mass is 435 g/mol. The highest BCUT2D eigenvalue weighted by molar-refractivity contribution is 7.73. The molecule has 0 saturated heterocycles. The van der Waals surface area contributed by atoms with Gasteiger partial charge in [0.25, 0.3) is 0 Å². The lowest BCUT2D eigenvalue weighted by atomic mass is 9.87. The Bertz CT molecular complexity index is 1170. The zero-order valence-corrected chi connectivity index (χ0v) is 19.9. The van der Waals surface area contributed by atoms with Gasteiger partial charge in [-0.05, 0) is 80.6 Å². The SMILES string of the molecule is Cc1ccccc1P(C[C@H]1CCCc2ccc(-c3ccccc3)nc21)c1ccccc1C. The summed E-state index contributed by atoms with van der Waals surface area (Å²) in [5.74, 6) is 0.507. The summed E-state index contributed by atoms with van der Waals surface area (Å²) in [6.07, 6.45) is 4.81. The van der Waals surface area contributed by atoms with Crippen molar-refractivity contribution in [3.05, 3.63) is 113 Å². The minimum atomic E-state index is -0.444. The van der Waals surface area contributed by atoms with Crippen LogP contribution >= 0.6 is 7.92 Å². The Kier molecular flexibility index (Phi) is 6.19. The van der Waals surface area contributed by atoms with Crippen LogP contribution in [0.3, 0.4) is 0 Å². The van der Waals surface area contributed by atoms with Gasteiger partial charge in [-0.15, -0.1) is 0 Å². The zero-order chi connectivity index (χ0) is 21.9. The third-order valence-corrected chi connectivity index (χ3v) is 9.66. The predicted molar refractivity (Wildman–Crippen MR) is 139 cm³/mol. The fourth-order valence-electron chi connectivity index (χ4n) is 4.97. The van der Waals surface area contributed by atoms with Gasteiger partial charge in [0.05, 0.1) is 5.69 Å². The first-order valence-electron chi connectivity index (χ1n) is 11.6. The molecule has 0 unspecified atom stereocenters. The lowest BCUT2D eigenvalue weighted by Crippen LogP contribution is -2.23. The number of nitrogens with zero attached hydrogens (tertiary/aromatic N) is 1. The summed E-state index contributed by atoms with van der Waals surface area (Å²) >= 11 is 0. The van der Waals surface area contributed by atoms with Gasteiger partial charge >= 0.3 is 0 Å². The van der Waals surface area contributed by atoms with Gasteiger partial charge in [0.15, 0.2) is 0 Å². The van der Waals surface area contributed by atoms with Gasteiger partial charge in [-0.2, -0.15) is 0 Å². The van der Waals surface area contributed by atoms with Gasteiger partial charge in [0.2, 0.25) is 0 Å². The number of benzene rings is 3. The molecule has 0 spiro atoms. The molecule has 3 aromatic carbocycles. The highest BCUT2D eigenvalue weighted by atomic mass is 31.1. The van der Waals surface area contributed by atoms with Crippen molar-refractivity contribution in [1.82, 2.24) is 4.98 Å². The minimum Gasteiger partial charge on any atom is -0.252 e. The molecule has 1 aliphatic rings. The highest BCUT2D eigenvalue weighted by Crippen LogP contribution is 2.44. The number of pyridine rings is 1. The molecule has 4 aromatic rings. The van der Waals surface area contributed by atoms with Gasteiger partial charge < -0.3 is 0 Å². The Morgan fingerprint density at radius 1 is 0.750 bits per heavy atom. The van der Waals surface area contributed by atoms with Crippen LogP contribution in [0.2, 0.25) is 0 Å². The van der Waals surface area contributed by atoms with E-state index >= 15 is 0 Å². The second kappa shape index (κ2) is 9.39. The van der Waals surface area contributed by atoms with Crippen molar-refractivity contribution in [2.75, 3.05) is 6.16 Å². The first-order chi connectivity index (χ1) is 15.7. The molecular formula is C30H30NP. The summed E-state index contributed by atoms with van der Waals surface area (Å²) in [5.41, 5.74) is 7.91. The molecule has 0 amide bonds. The summed E-state index contributed by atoms with van der Waals surface area (Å²) in [4.78, 5) is 5.26. The number of hydrogen-bond acceptors (Lipinski definition) is 1. The summed E-state index contributed by atoms with van der Waals surface area (Å²) in [6.45, 7) is 4.53. The van der Waals surface area contributed by atoms with Crippen LogP contribution in [-0.2, 0) is 6.42 Å². The number of aryl methyl sites for hydroxylation is 3. The lowest BCUT2D eigenvalue weighted by molar-refractivity contribution is 0.579. The van der Waals surface area contributed by atoms with Crippen LogP contribution in [0.25, 0.3) is 11.3 Å². The Labute approximate surface area is 193 Å². The Hall–Kier alpha value is -2.76. The van der Waals surface area contributed by atoms with Gasteiger partial charge in [0.1, 0.15) is 0 Å². The molecule has 32 heavy (non-hydrogen) atoms. The van der Waals surface area contributed by atoms with E-state index in [-0.39, 0.29) is 0 Å². The Morgan fingerprint density at radius 2 is 1.38 bits per heavy atom. The normalized spacial score (nSPS) is 15.5. The average molecular weight is 436 g/mol. The van der Waals surface area contributed by atoms with Crippen LogP contribution in [0, 0.1) is 13.8 Å². The fourth-order valence-corrected chi connectivity index (χ4v) is 7.95. The predicted octanol–water partition coefficient (Wildman–Crippen LogP) is 6.92. The van der Waals surface area contributed by atoms with Crippen molar-refractivity contribution in [2.24, 2.45) is 0 Å². The van der Waals surface area contributed by atoms with Crippen LogP contribution in [0.1, 0.15) is 41.1 Å². The fraction of sp³-hybridized carbons (Fsp3) is 0.233. The minimum absolute atomic E-state index is 0.444. The molecule has 1 heterocycles. The standard InChI is InChI=1S/C30H30NP/c1-22-11-6-8-17-28(22)32(29-18-9-7-12-23(29)2)21-26-16-10-15-25-19-20-27(31-30(25)26)24-13-4-3-5-14-24/h3-9,11-14,17-20,26H,10,15-16,21H2,1-2H3/t26-/m1/s1. The molecule has 0 bridgehead atoms. The summed E-state index contributed by atoms with van der Waals surface area (Å²) in [5, 5.41) is 3.03.